The van der Waals surface area contributed by atoms with Crippen LogP contribution in [0.4, 0.5) is 0 Å². The van der Waals surface area contributed by atoms with E-state index in [-0.39, 0.29) is 0 Å². The van der Waals surface area contributed by atoms with E-state index in [4.69, 9.17) is 0 Å². The highest BCUT2D eigenvalue weighted by molar-refractivity contribution is 7.29. The van der Waals surface area contributed by atoms with E-state index in [9.17, 15) is 0 Å². The fourth-order valence-electron chi connectivity index (χ4n) is 5.00. The molecule has 0 fully saturated rings. The van der Waals surface area contributed by atoms with Crippen LogP contribution in [0.5, 0.6) is 0 Å². The second kappa shape index (κ2) is 5.58. The first kappa shape index (κ1) is 16.2. The summed E-state index contributed by atoms with van der Waals surface area (Å²) in [5, 5.41) is 8.96. The van der Waals surface area contributed by atoms with Crippen LogP contribution in [0.1, 0.15) is 0 Å². The standard InChI is InChI=1S/C26H13N3S2/c1-2-4-21-15(3-1)16-5-6-22-24(25(16)31-21)18-11-17-14-7-8-27-13-19(14)26-28-9-10-29(26)20(17)12-23(18)30-22/h1-13H. The van der Waals surface area contributed by atoms with Gasteiger partial charge >= 0.3 is 0 Å². The number of benzene rings is 3. The van der Waals surface area contributed by atoms with Crippen molar-refractivity contribution in [3.05, 3.63) is 79.4 Å². The molecule has 0 unspecified atom stereocenters. The monoisotopic (exact) mass is 431 g/mol. The van der Waals surface area contributed by atoms with E-state index >= 15 is 0 Å². The summed E-state index contributed by atoms with van der Waals surface area (Å²) in [6, 6.07) is 20.1. The van der Waals surface area contributed by atoms with E-state index < -0.39 is 0 Å². The summed E-state index contributed by atoms with van der Waals surface area (Å²) in [5.41, 5.74) is 2.15. The average Bonchev–Trinajstić information content (AvgIpc) is 3.52. The molecule has 0 amide bonds. The van der Waals surface area contributed by atoms with Crippen LogP contribution in [-0.4, -0.2) is 14.4 Å². The van der Waals surface area contributed by atoms with Gasteiger partial charge in [-0.05, 0) is 35.7 Å². The van der Waals surface area contributed by atoms with E-state index in [0.29, 0.717) is 0 Å². The van der Waals surface area contributed by atoms with E-state index in [1.165, 1.54) is 56.6 Å². The lowest BCUT2D eigenvalue weighted by atomic mass is 10.0. The number of nitrogens with zero attached hydrogens (tertiary/aromatic N) is 3. The van der Waals surface area contributed by atoms with Crippen LogP contribution in [0, 0.1) is 0 Å². The fraction of sp³-hybridized carbons (Fsp3) is 0. The number of aromatic nitrogens is 3. The number of rotatable bonds is 0. The van der Waals surface area contributed by atoms with Crippen molar-refractivity contribution in [1.82, 2.24) is 14.4 Å². The first-order valence-electron chi connectivity index (χ1n) is 10.2. The number of pyridine rings is 2. The largest absolute Gasteiger partial charge is 0.299 e. The van der Waals surface area contributed by atoms with Crippen molar-refractivity contribution in [2.75, 3.05) is 0 Å². The Hall–Kier alpha value is -3.54. The molecule has 31 heavy (non-hydrogen) atoms. The van der Waals surface area contributed by atoms with Crippen LogP contribution in [0.2, 0.25) is 0 Å². The molecular weight excluding hydrogens is 418 g/mol. The highest BCUT2D eigenvalue weighted by Gasteiger charge is 2.16. The van der Waals surface area contributed by atoms with Crippen LogP contribution in [0.15, 0.2) is 79.4 Å². The molecule has 0 atom stereocenters. The maximum atomic E-state index is 4.61. The maximum Gasteiger partial charge on any atom is 0.146 e. The second-order valence-corrected chi connectivity index (χ2v) is 10.1. The Bertz CT molecular complexity index is 2010. The van der Waals surface area contributed by atoms with E-state index in [1.807, 2.05) is 47.5 Å². The summed E-state index contributed by atoms with van der Waals surface area (Å²) in [4.78, 5) is 8.98. The minimum absolute atomic E-state index is 0.961. The summed E-state index contributed by atoms with van der Waals surface area (Å²) in [6.45, 7) is 0. The lowest BCUT2D eigenvalue weighted by Gasteiger charge is -2.08. The van der Waals surface area contributed by atoms with Crippen LogP contribution in [-0.2, 0) is 0 Å². The Morgan fingerprint density at radius 2 is 1.65 bits per heavy atom. The molecule has 5 heteroatoms. The van der Waals surface area contributed by atoms with Gasteiger partial charge in [0.25, 0.3) is 0 Å². The van der Waals surface area contributed by atoms with Crippen LogP contribution < -0.4 is 0 Å². The molecule has 0 saturated heterocycles. The predicted octanol–water partition coefficient (Wildman–Crippen LogP) is 7.77. The van der Waals surface area contributed by atoms with Gasteiger partial charge in [-0.15, -0.1) is 22.7 Å². The fourth-order valence-corrected chi connectivity index (χ4v) is 7.46. The third-order valence-corrected chi connectivity index (χ3v) is 8.67. The van der Waals surface area contributed by atoms with Crippen molar-refractivity contribution in [2.45, 2.75) is 0 Å². The van der Waals surface area contributed by atoms with Crippen molar-refractivity contribution in [3.8, 4) is 0 Å². The third kappa shape index (κ3) is 1.98. The molecule has 5 aromatic heterocycles. The second-order valence-electron chi connectivity index (χ2n) is 7.92. The third-order valence-electron chi connectivity index (χ3n) is 6.35. The number of thiophene rings is 2. The quantitative estimate of drug-likeness (QED) is 0.230. The molecule has 0 saturated carbocycles. The van der Waals surface area contributed by atoms with Crippen LogP contribution >= 0.6 is 22.7 Å². The van der Waals surface area contributed by atoms with Gasteiger partial charge in [-0.3, -0.25) is 9.38 Å². The van der Waals surface area contributed by atoms with Crippen LogP contribution in [0.25, 0.3) is 67.7 Å². The van der Waals surface area contributed by atoms with Gasteiger partial charge in [0.2, 0.25) is 0 Å². The Kier molecular flexibility index (Phi) is 2.91. The molecule has 0 N–H and O–H groups in total. The van der Waals surface area contributed by atoms with E-state index in [2.05, 4.69) is 69.0 Å². The molecule has 0 aliphatic carbocycles. The van der Waals surface area contributed by atoms with Crippen molar-refractivity contribution >= 4 is 90.3 Å². The Balaban J connectivity index is 1.65. The molecule has 0 spiro atoms. The summed E-state index contributed by atoms with van der Waals surface area (Å²) in [6.07, 6.45) is 7.73. The Morgan fingerprint density at radius 1 is 0.677 bits per heavy atom. The number of fused-ring (bicyclic) bond motifs is 13. The molecule has 0 aliphatic heterocycles. The molecule has 5 heterocycles. The van der Waals surface area contributed by atoms with Crippen molar-refractivity contribution in [3.63, 3.8) is 0 Å². The smallest absolute Gasteiger partial charge is 0.146 e. The molecule has 0 aliphatic rings. The maximum absolute atomic E-state index is 4.61. The van der Waals surface area contributed by atoms with Gasteiger partial charge in [-0.2, -0.15) is 0 Å². The van der Waals surface area contributed by atoms with Crippen LogP contribution in [0.3, 0.4) is 0 Å². The van der Waals surface area contributed by atoms with Gasteiger partial charge < -0.3 is 0 Å². The highest BCUT2D eigenvalue weighted by atomic mass is 32.1. The molecule has 0 radical (unpaired) electrons. The average molecular weight is 432 g/mol. The summed E-state index contributed by atoms with van der Waals surface area (Å²) in [7, 11) is 0. The zero-order valence-corrected chi connectivity index (χ0v) is 17.8. The Labute approximate surface area is 183 Å². The normalized spacial score (nSPS) is 12.5. The minimum atomic E-state index is 0.961. The van der Waals surface area contributed by atoms with Crippen molar-refractivity contribution in [2.24, 2.45) is 0 Å². The van der Waals surface area contributed by atoms with Crippen molar-refractivity contribution in [1.29, 1.82) is 0 Å². The molecule has 8 aromatic rings. The molecule has 0 bridgehead atoms. The van der Waals surface area contributed by atoms with E-state index in [1.54, 1.807) is 0 Å². The van der Waals surface area contributed by atoms with Crippen molar-refractivity contribution < 1.29 is 0 Å². The Morgan fingerprint density at radius 3 is 2.65 bits per heavy atom. The van der Waals surface area contributed by atoms with Gasteiger partial charge in [0.15, 0.2) is 0 Å². The van der Waals surface area contributed by atoms with Gasteiger partial charge in [-0.25, -0.2) is 4.98 Å². The zero-order valence-electron chi connectivity index (χ0n) is 16.2. The number of imidazole rings is 1. The van der Waals surface area contributed by atoms with E-state index in [0.717, 1.165) is 11.0 Å². The topological polar surface area (TPSA) is 30.2 Å². The SMILES string of the molecule is c1ccc2c(c1)sc1c2ccc2sc3cc4c(cc3c21)c1ccncc1c1nccn41. The number of hydrogen-bond donors (Lipinski definition) is 0. The van der Waals surface area contributed by atoms with Gasteiger partial charge in [0.05, 0.1) is 5.52 Å². The molecular formula is C26H13N3S2. The first-order chi connectivity index (χ1) is 15.4. The molecule has 3 aromatic carbocycles. The summed E-state index contributed by atoms with van der Waals surface area (Å²) in [5.74, 6) is 0. The molecule has 3 nitrogen and oxygen atoms in total. The number of hydrogen-bond acceptors (Lipinski definition) is 4. The lowest BCUT2D eigenvalue weighted by Crippen LogP contribution is -1.90. The highest BCUT2D eigenvalue weighted by Crippen LogP contribution is 2.45. The molecule has 8 rings (SSSR count). The summed E-state index contributed by atoms with van der Waals surface area (Å²) >= 11 is 3.78. The van der Waals surface area contributed by atoms with Gasteiger partial charge in [-0.1, -0.05) is 24.3 Å². The molecule has 144 valence electrons. The van der Waals surface area contributed by atoms with Gasteiger partial charge in [0.1, 0.15) is 5.65 Å². The lowest BCUT2D eigenvalue weighted by molar-refractivity contribution is 1.27. The predicted molar refractivity (Wildman–Crippen MR) is 134 cm³/mol. The minimum Gasteiger partial charge on any atom is -0.299 e. The first-order valence-corrected chi connectivity index (χ1v) is 11.8. The summed E-state index contributed by atoms with van der Waals surface area (Å²) < 4.78 is 7.59. The van der Waals surface area contributed by atoms with Gasteiger partial charge in [0, 0.05) is 75.9 Å². The zero-order chi connectivity index (χ0) is 20.1.